The predicted octanol–water partition coefficient (Wildman–Crippen LogP) is 2.52. The van der Waals surface area contributed by atoms with Crippen LogP contribution >= 0.6 is 12.6 Å². The van der Waals surface area contributed by atoms with Gasteiger partial charge >= 0.3 is 0 Å². The van der Waals surface area contributed by atoms with Crippen LogP contribution in [0.4, 0.5) is 8.78 Å². The predicted molar refractivity (Wildman–Crippen MR) is 32.2 cm³/mol. The maximum absolute atomic E-state index is 12.1. The second-order valence-corrected chi connectivity index (χ2v) is 2.08. The maximum atomic E-state index is 12.1. The van der Waals surface area contributed by atoms with E-state index in [1.54, 1.807) is 0 Å². The van der Waals surface area contributed by atoms with Gasteiger partial charge in [-0.15, -0.1) is 0 Å². The van der Waals surface area contributed by atoms with E-state index in [0.29, 0.717) is 0 Å². The fourth-order valence-electron chi connectivity index (χ4n) is 0.529. The number of hydrogen-bond acceptors (Lipinski definition) is 0. The minimum absolute atomic E-state index is 0.188. The summed E-state index contributed by atoms with van der Waals surface area (Å²) in [5, 5.41) is 0. The average molecular weight is 145 g/mol. The van der Waals surface area contributed by atoms with Gasteiger partial charge in [0.25, 0.3) is 0 Å². The first kappa shape index (κ1) is 6.42. The normalized spacial score (nSPS) is 9.56. The van der Waals surface area contributed by atoms with Crippen LogP contribution in [0.5, 0.6) is 0 Å². The summed E-state index contributed by atoms with van der Waals surface area (Å²) in [4.78, 5) is 0.188. The van der Waals surface area contributed by atoms with Crippen LogP contribution in [-0.4, -0.2) is 0 Å². The lowest BCUT2D eigenvalue weighted by molar-refractivity contribution is 0.577. The lowest BCUT2D eigenvalue weighted by Crippen LogP contribution is -1.77. The number of rotatable bonds is 0. The van der Waals surface area contributed by atoms with Crippen molar-refractivity contribution in [1.29, 1.82) is 0 Å². The van der Waals surface area contributed by atoms with Crippen molar-refractivity contribution in [1.82, 2.24) is 0 Å². The Morgan fingerprint density at radius 2 is 1.44 bits per heavy atom. The minimum atomic E-state index is -0.625. The van der Waals surface area contributed by atoms with Crippen molar-refractivity contribution in [3.8, 4) is 0 Å². The largest absolute Gasteiger partial charge is 0.207 e. The molecule has 0 saturated heterocycles. The van der Waals surface area contributed by atoms with Gasteiger partial charge in [0, 0.05) is 11.0 Å². The van der Waals surface area contributed by atoms with Crippen LogP contribution in [0.15, 0.2) is 23.1 Å². The Labute approximate surface area is 56.9 Å². The van der Waals surface area contributed by atoms with Crippen molar-refractivity contribution in [3.63, 3.8) is 0 Å². The molecule has 0 saturated carbocycles. The Morgan fingerprint density at radius 1 is 1.00 bits per heavy atom. The van der Waals surface area contributed by atoms with E-state index in [1.165, 1.54) is 0 Å². The molecule has 47 valence electrons. The third-order valence-corrected chi connectivity index (χ3v) is 1.07. The van der Waals surface area contributed by atoms with E-state index in [4.69, 9.17) is 0 Å². The van der Waals surface area contributed by atoms with Gasteiger partial charge in [0.1, 0.15) is 11.6 Å². The van der Waals surface area contributed by atoms with E-state index >= 15 is 0 Å². The molecule has 1 aromatic carbocycles. The van der Waals surface area contributed by atoms with Crippen molar-refractivity contribution < 1.29 is 8.78 Å². The van der Waals surface area contributed by atoms with Gasteiger partial charge < -0.3 is 0 Å². The standard InChI is InChI=1S/C6H3F2S/c7-4-1-5(8)3-6(9)2-4/h1-3H. The molecule has 0 bridgehead atoms. The second-order valence-electron chi connectivity index (χ2n) is 1.61. The van der Waals surface area contributed by atoms with Crippen LogP contribution < -0.4 is 0 Å². The highest BCUT2D eigenvalue weighted by atomic mass is 32.1. The van der Waals surface area contributed by atoms with Crippen LogP contribution in [0.1, 0.15) is 0 Å². The zero-order chi connectivity index (χ0) is 6.85. The van der Waals surface area contributed by atoms with E-state index in [0.717, 1.165) is 18.2 Å². The van der Waals surface area contributed by atoms with Gasteiger partial charge in [-0.3, -0.25) is 0 Å². The Balaban J connectivity index is 3.17. The molecular weight excluding hydrogens is 142 g/mol. The Kier molecular flexibility index (Phi) is 1.62. The lowest BCUT2D eigenvalue weighted by Gasteiger charge is -1.89. The molecule has 9 heavy (non-hydrogen) atoms. The fourth-order valence-corrected chi connectivity index (χ4v) is 0.754. The molecule has 0 aliphatic carbocycles. The molecule has 0 N–H and O–H groups in total. The summed E-state index contributed by atoms with van der Waals surface area (Å²) in [6.45, 7) is 0. The summed E-state index contributed by atoms with van der Waals surface area (Å²) in [6, 6.07) is 2.98. The number of halogens is 2. The highest BCUT2D eigenvalue weighted by molar-refractivity contribution is 7.80. The zero-order valence-electron chi connectivity index (χ0n) is 4.40. The van der Waals surface area contributed by atoms with Crippen LogP contribution in [0, 0.1) is 11.6 Å². The summed E-state index contributed by atoms with van der Waals surface area (Å²) < 4.78 is 24.2. The van der Waals surface area contributed by atoms with Crippen LogP contribution in [-0.2, 0) is 0 Å². The van der Waals surface area contributed by atoms with Gasteiger partial charge in [-0.05, 0) is 12.1 Å². The number of hydrogen-bond donors (Lipinski definition) is 0. The van der Waals surface area contributed by atoms with E-state index < -0.39 is 11.6 Å². The van der Waals surface area contributed by atoms with Crippen molar-refractivity contribution in [2.24, 2.45) is 0 Å². The second kappa shape index (κ2) is 2.27. The molecular formula is C6H3F2S. The van der Waals surface area contributed by atoms with Gasteiger partial charge in [-0.1, -0.05) is 12.6 Å². The third-order valence-electron chi connectivity index (χ3n) is 0.836. The summed E-state index contributed by atoms with van der Waals surface area (Å²) in [5.74, 6) is -1.25. The van der Waals surface area contributed by atoms with Gasteiger partial charge in [0.05, 0.1) is 0 Å². The van der Waals surface area contributed by atoms with Crippen LogP contribution in [0.2, 0.25) is 0 Å². The molecule has 0 spiro atoms. The minimum Gasteiger partial charge on any atom is -0.207 e. The van der Waals surface area contributed by atoms with Crippen molar-refractivity contribution in [2.45, 2.75) is 4.90 Å². The average Bonchev–Trinajstić information content (AvgIpc) is 1.59. The van der Waals surface area contributed by atoms with Crippen molar-refractivity contribution in [2.75, 3.05) is 0 Å². The van der Waals surface area contributed by atoms with E-state index in [9.17, 15) is 8.78 Å². The number of benzene rings is 1. The quantitative estimate of drug-likeness (QED) is 0.526. The molecule has 0 unspecified atom stereocenters. The SMILES string of the molecule is Fc1cc(F)cc([S])c1. The highest BCUT2D eigenvalue weighted by Crippen LogP contribution is 2.10. The summed E-state index contributed by atoms with van der Waals surface area (Å²) in [5.41, 5.74) is 0. The monoisotopic (exact) mass is 145 g/mol. The fraction of sp³-hybridized carbons (Fsp3) is 0. The molecule has 1 radical (unpaired) electrons. The van der Waals surface area contributed by atoms with Crippen molar-refractivity contribution >= 4 is 12.6 Å². The molecule has 0 aromatic heterocycles. The Hall–Kier alpha value is -0.700. The molecule has 0 nitrogen and oxygen atoms in total. The van der Waals surface area contributed by atoms with E-state index in [1.807, 2.05) is 0 Å². The first-order valence-corrected chi connectivity index (χ1v) is 2.72. The lowest BCUT2D eigenvalue weighted by atomic mass is 10.3. The molecule has 0 fully saturated rings. The third kappa shape index (κ3) is 1.61. The van der Waals surface area contributed by atoms with E-state index in [2.05, 4.69) is 12.6 Å². The molecule has 3 heteroatoms. The molecule has 1 rings (SSSR count). The van der Waals surface area contributed by atoms with Gasteiger partial charge in [0.15, 0.2) is 0 Å². The van der Waals surface area contributed by atoms with Crippen LogP contribution in [0.3, 0.4) is 0 Å². The van der Waals surface area contributed by atoms with Gasteiger partial charge in [0.2, 0.25) is 0 Å². The Bertz CT molecular complexity index is 172. The maximum Gasteiger partial charge on any atom is 0.127 e. The smallest absolute Gasteiger partial charge is 0.127 e. The van der Waals surface area contributed by atoms with Crippen LogP contribution in [0.25, 0.3) is 0 Å². The first-order chi connectivity index (χ1) is 4.18. The summed E-state index contributed by atoms with van der Waals surface area (Å²) >= 11 is 4.51. The molecule has 0 atom stereocenters. The highest BCUT2D eigenvalue weighted by Gasteiger charge is 1.95. The van der Waals surface area contributed by atoms with E-state index in [-0.39, 0.29) is 4.90 Å². The summed E-state index contributed by atoms with van der Waals surface area (Å²) in [6.07, 6.45) is 0. The molecule has 1 aromatic rings. The molecule has 0 aliphatic rings. The van der Waals surface area contributed by atoms with Gasteiger partial charge in [-0.25, -0.2) is 8.78 Å². The molecule has 0 aliphatic heterocycles. The topological polar surface area (TPSA) is 0 Å². The summed E-state index contributed by atoms with van der Waals surface area (Å²) in [7, 11) is 0. The molecule has 0 amide bonds. The Morgan fingerprint density at radius 3 is 1.78 bits per heavy atom. The van der Waals surface area contributed by atoms with Gasteiger partial charge in [-0.2, -0.15) is 0 Å². The van der Waals surface area contributed by atoms with Crippen molar-refractivity contribution in [3.05, 3.63) is 29.8 Å². The molecule has 0 heterocycles. The first-order valence-electron chi connectivity index (χ1n) is 2.31. The zero-order valence-corrected chi connectivity index (χ0v) is 5.21.